The zero-order valence-corrected chi connectivity index (χ0v) is 18.0. The molecule has 0 radical (unpaired) electrons. The van der Waals surface area contributed by atoms with E-state index in [1.165, 1.54) is 18.2 Å². The Morgan fingerprint density at radius 2 is 1.80 bits per heavy atom. The van der Waals surface area contributed by atoms with Gasteiger partial charge in [-0.05, 0) is 50.2 Å². The molecular formula is C18H17Cl2F3N2O4S. The molecule has 1 amide bonds. The number of ether oxygens (including phenoxy) is 1. The van der Waals surface area contributed by atoms with Crippen LogP contribution in [0.15, 0.2) is 41.3 Å². The minimum absolute atomic E-state index is 0.0116. The Bertz CT molecular complexity index is 1040. The number of carbonyl (C=O) groups excluding carboxylic acids is 1. The number of hydrogen-bond acceptors (Lipinski definition) is 4. The maximum atomic E-state index is 13.1. The molecule has 2 aromatic rings. The fourth-order valence-corrected chi connectivity index (χ4v) is 4.08. The van der Waals surface area contributed by atoms with Crippen molar-refractivity contribution >= 4 is 44.8 Å². The summed E-state index contributed by atoms with van der Waals surface area (Å²) in [6.45, 7) is 2.65. The average Bonchev–Trinajstić information content (AvgIpc) is 2.60. The van der Waals surface area contributed by atoms with Gasteiger partial charge in [0, 0.05) is 11.1 Å². The molecule has 0 aliphatic carbocycles. The first kappa shape index (κ1) is 24.3. The number of anilines is 1. The predicted octanol–water partition coefficient (Wildman–Crippen LogP) is 4.72. The number of carbonyl (C=O) groups is 1. The Kier molecular flexibility index (Phi) is 7.62. The molecule has 6 nitrogen and oxygen atoms in total. The van der Waals surface area contributed by atoms with Gasteiger partial charge in [-0.3, -0.25) is 4.79 Å². The van der Waals surface area contributed by atoms with Gasteiger partial charge in [0.1, 0.15) is 5.75 Å². The van der Waals surface area contributed by atoms with Crippen molar-refractivity contribution in [2.24, 2.45) is 0 Å². The van der Waals surface area contributed by atoms with E-state index in [4.69, 9.17) is 27.9 Å². The van der Waals surface area contributed by atoms with Gasteiger partial charge in [-0.2, -0.15) is 13.2 Å². The molecule has 164 valence electrons. The quantitative estimate of drug-likeness (QED) is 0.595. The number of amides is 1. The highest BCUT2D eigenvalue weighted by molar-refractivity contribution is 7.89. The van der Waals surface area contributed by atoms with Crippen molar-refractivity contribution in [3.05, 3.63) is 52.0 Å². The fourth-order valence-electron chi connectivity index (χ4n) is 2.33. The van der Waals surface area contributed by atoms with E-state index in [1.54, 1.807) is 13.8 Å². The third-order valence-corrected chi connectivity index (χ3v) is 5.71. The molecule has 0 heterocycles. The van der Waals surface area contributed by atoms with Gasteiger partial charge in [0.05, 0.1) is 21.2 Å². The molecular weight excluding hydrogens is 468 g/mol. The van der Waals surface area contributed by atoms with Crippen LogP contribution in [0.25, 0.3) is 0 Å². The van der Waals surface area contributed by atoms with Crippen LogP contribution in [0.1, 0.15) is 19.4 Å². The SMILES string of the molecule is CC(C)NS(=O)(=O)c1ccc(OCC(=O)Nc2ccc(Cl)cc2C(F)(F)F)c(Cl)c1. The highest BCUT2D eigenvalue weighted by atomic mass is 35.5. The molecule has 0 spiro atoms. The van der Waals surface area contributed by atoms with E-state index in [0.717, 1.165) is 12.1 Å². The molecule has 0 unspecified atom stereocenters. The first-order valence-corrected chi connectivity index (χ1v) is 10.6. The standard InChI is InChI=1S/C18H17Cl2F3N2O4S/c1-10(2)25-30(27,28)12-4-6-16(14(20)8-12)29-9-17(26)24-15-5-3-11(19)7-13(15)18(21,22)23/h3-8,10,25H,9H2,1-2H3,(H,24,26). The first-order valence-electron chi connectivity index (χ1n) is 8.41. The summed E-state index contributed by atoms with van der Waals surface area (Å²) in [5.74, 6) is -0.889. The summed E-state index contributed by atoms with van der Waals surface area (Å²) in [5, 5.41) is 1.88. The van der Waals surface area contributed by atoms with Crippen LogP contribution in [0, 0.1) is 0 Å². The Hall–Kier alpha value is -2.01. The summed E-state index contributed by atoms with van der Waals surface area (Å²) in [7, 11) is -3.78. The highest BCUT2D eigenvalue weighted by Crippen LogP contribution is 2.36. The number of sulfonamides is 1. The van der Waals surface area contributed by atoms with E-state index in [0.29, 0.717) is 6.07 Å². The highest BCUT2D eigenvalue weighted by Gasteiger charge is 2.34. The maximum absolute atomic E-state index is 13.1. The Morgan fingerprint density at radius 3 is 2.37 bits per heavy atom. The lowest BCUT2D eigenvalue weighted by Gasteiger charge is -2.15. The second-order valence-electron chi connectivity index (χ2n) is 6.39. The van der Waals surface area contributed by atoms with Crippen LogP contribution < -0.4 is 14.8 Å². The summed E-state index contributed by atoms with van der Waals surface area (Å²) in [6.07, 6.45) is -4.72. The lowest BCUT2D eigenvalue weighted by molar-refractivity contribution is -0.137. The molecule has 0 bridgehead atoms. The van der Waals surface area contributed by atoms with Gasteiger partial charge in [-0.1, -0.05) is 23.2 Å². The Labute approximate surface area is 181 Å². The van der Waals surface area contributed by atoms with Crippen LogP contribution in [-0.2, 0) is 21.0 Å². The van der Waals surface area contributed by atoms with Gasteiger partial charge in [0.25, 0.3) is 5.91 Å². The summed E-state index contributed by atoms with van der Waals surface area (Å²) in [6, 6.07) is 6.20. The fraction of sp³-hybridized carbons (Fsp3) is 0.278. The number of hydrogen-bond donors (Lipinski definition) is 2. The number of alkyl halides is 3. The van der Waals surface area contributed by atoms with E-state index in [9.17, 15) is 26.4 Å². The van der Waals surface area contributed by atoms with Crippen LogP contribution in [-0.4, -0.2) is 27.0 Å². The summed E-state index contributed by atoms with van der Waals surface area (Å²) < 4.78 is 71.1. The molecule has 2 aromatic carbocycles. The van der Waals surface area contributed by atoms with Crippen molar-refractivity contribution in [2.45, 2.75) is 31.0 Å². The molecule has 30 heavy (non-hydrogen) atoms. The molecule has 0 aliphatic heterocycles. The van der Waals surface area contributed by atoms with Crippen molar-refractivity contribution in [2.75, 3.05) is 11.9 Å². The summed E-state index contributed by atoms with van der Waals surface area (Å²) in [5.41, 5.74) is -1.58. The smallest absolute Gasteiger partial charge is 0.418 e. The minimum Gasteiger partial charge on any atom is -0.482 e. The third kappa shape index (κ3) is 6.49. The van der Waals surface area contributed by atoms with Gasteiger partial charge in [0.15, 0.2) is 6.61 Å². The molecule has 0 aliphatic rings. The zero-order chi connectivity index (χ0) is 22.7. The van der Waals surface area contributed by atoms with Crippen molar-refractivity contribution in [1.29, 1.82) is 0 Å². The molecule has 0 atom stereocenters. The van der Waals surface area contributed by atoms with Gasteiger partial charge in [-0.25, -0.2) is 13.1 Å². The van der Waals surface area contributed by atoms with Crippen LogP contribution in [0.5, 0.6) is 5.75 Å². The molecule has 2 rings (SSSR count). The lowest BCUT2D eigenvalue weighted by Crippen LogP contribution is -2.30. The first-order chi connectivity index (χ1) is 13.8. The van der Waals surface area contributed by atoms with Gasteiger partial charge in [-0.15, -0.1) is 0 Å². The number of nitrogens with one attached hydrogen (secondary N) is 2. The zero-order valence-electron chi connectivity index (χ0n) is 15.7. The second-order valence-corrected chi connectivity index (χ2v) is 8.95. The molecule has 12 heteroatoms. The lowest BCUT2D eigenvalue weighted by atomic mass is 10.1. The predicted molar refractivity (Wildman–Crippen MR) is 107 cm³/mol. The van der Waals surface area contributed by atoms with Crippen molar-refractivity contribution in [1.82, 2.24) is 4.72 Å². The second kappa shape index (κ2) is 9.42. The Morgan fingerprint density at radius 1 is 1.13 bits per heavy atom. The average molecular weight is 485 g/mol. The summed E-state index contributed by atoms with van der Waals surface area (Å²) in [4.78, 5) is 11.9. The number of rotatable bonds is 7. The van der Waals surface area contributed by atoms with E-state index >= 15 is 0 Å². The molecule has 0 aromatic heterocycles. The topological polar surface area (TPSA) is 84.5 Å². The molecule has 0 fully saturated rings. The maximum Gasteiger partial charge on any atom is 0.418 e. The molecule has 2 N–H and O–H groups in total. The largest absolute Gasteiger partial charge is 0.482 e. The van der Waals surface area contributed by atoms with E-state index < -0.39 is 40.0 Å². The third-order valence-electron chi connectivity index (χ3n) is 3.52. The molecule has 0 saturated carbocycles. The van der Waals surface area contributed by atoms with Crippen LogP contribution in [0.3, 0.4) is 0 Å². The van der Waals surface area contributed by atoms with Crippen LogP contribution in [0.4, 0.5) is 18.9 Å². The normalized spacial score (nSPS) is 12.1. The molecule has 0 saturated heterocycles. The van der Waals surface area contributed by atoms with Gasteiger partial charge < -0.3 is 10.1 Å². The van der Waals surface area contributed by atoms with E-state index in [1.807, 2.05) is 0 Å². The van der Waals surface area contributed by atoms with Crippen molar-refractivity contribution in [3.63, 3.8) is 0 Å². The summed E-state index contributed by atoms with van der Waals surface area (Å²) >= 11 is 11.6. The van der Waals surface area contributed by atoms with Crippen molar-refractivity contribution < 1.29 is 31.1 Å². The van der Waals surface area contributed by atoms with Crippen LogP contribution >= 0.6 is 23.2 Å². The van der Waals surface area contributed by atoms with E-state index in [-0.39, 0.29) is 26.7 Å². The van der Waals surface area contributed by atoms with Crippen molar-refractivity contribution in [3.8, 4) is 5.75 Å². The van der Waals surface area contributed by atoms with Crippen LogP contribution in [0.2, 0.25) is 10.0 Å². The minimum atomic E-state index is -4.72. The van der Waals surface area contributed by atoms with Gasteiger partial charge >= 0.3 is 6.18 Å². The Balaban J connectivity index is 2.09. The van der Waals surface area contributed by atoms with E-state index in [2.05, 4.69) is 10.0 Å². The monoisotopic (exact) mass is 484 g/mol. The van der Waals surface area contributed by atoms with Gasteiger partial charge in [0.2, 0.25) is 10.0 Å². The number of benzene rings is 2. The number of halogens is 5.